The molecular weight excluding hydrogens is 685 g/mol. The number of aromatic amines is 2. The molecule has 2 aliphatic rings. The summed E-state index contributed by atoms with van der Waals surface area (Å²) in [5.41, 5.74) is 12.7. The van der Waals surface area contributed by atoms with E-state index >= 15 is 0 Å². The standard InChI is InChI=1S/C25H25N3.C25H23N3/c2*1-3-9-19(10-4-1)24(20-11-5-2-6-12-20)21-15-17-28(18-16-21)25-26-22-13-7-8-14-23(22)27-25/h1-14,21,24H,15-18H2,(H,26,27);1-14H,15-18H2,(H,26,27). The number of aromatic nitrogens is 4. The molecule has 0 atom stereocenters. The van der Waals surface area contributed by atoms with Crippen LogP contribution in [0.3, 0.4) is 0 Å². The number of hydrogen-bond acceptors (Lipinski definition) is 4. The van der Waals surface area contributed by atoms with Crippen molar-refractivity contribution in [1.29, 1.82) is 0 Å². The summed E-state index contributed by atoms with van der Waals surface area (Å²) >= 11 is 0. The van der Waals surface area contributed by atoms with Crippen molar-refractivity contribution in [2.75, 3.05) is 36.0 Å². The second-order valence-electron chi connectivity index (χ2n) is 15.0. The first-order valence-electron chi connectivity index (χ1n) is 20.1. The number of anilines is 2. The molecule has 0 spiro atoms. The van der Waals surface area contributed by atoms with E-state index in [4.69, 9.17) is 9.97 Å². The lowest BCUT2D eigenvalue weighted by molar-refractivity contribution is 0.366. The van der Waals surface area contributed by atoms with Crippen LogP contribution in [0.25, 0.3) is 27.6 Å². The van der Waals surface area contributed by atoms with Crippen molar-refractivity contribution in [3.05, 3.63) is 198 Å². The van der Waals surface area contributed by atoms with Gasteiger partial charge in [-0.3, -0.25) is 0 Å². The highest BCUT2D eigenvalue weighted by Crippen LogP contribution is 2.39. The van der Waals surface area contributed by atoms with Gasteiger partial charge in [-0.25, -0.2) is 9.97 Å². The molecule has 10 rings (SSSR count). The van der Waals surface area contributed by atoms with Crippen LogP contribution in [0.5, 0.6) is 0 Å². The zero-order valence-electron chi connectivity index (χ0n) is 31.8. The lowest BCUT2D eigenvalue weighted by Gasteiger charge is -2.36. The van der Waals surface area contributed by atoms with Crippen molar-refractivity contribution in [3.63, 3.8) is 0 Å². The smallest absolute Gasteiger partial charge is 0.203 e. The van der Waals surface area contributed by atoms with E-state index in [-0.39, 0.29) is 0 Å². The van der Waals surface area contributed by atoms with Gasteiger partial charge in [-0.05, 0) is 83.7 Å². The van der Waals surface area contributed by atoms with Gasteiger partial charge in [0, 0.05) is 32.1 Å². The molecule has 6 nitrogen and oxygen atoms in total. The minimum absolute atomic E-state index is 0.459. The van der Waals surface area contributed by atoms with Crippen molar-refractivity contribution in [3.8, 4) is 0 Å². The zero-order chi connectivity index (χ0) is 37.5. The Morgan fingerprint density at radius 1 is 0.464 bits per heavy atom. The van der Waals surface area contributed by atoms with Gasteiger partial charge in [0.2, 0.25) is 11.9 Å². The number of hydrogen-bond donors (Lipinski definition) is 2. The first-order chi connectivity index (χ1) is 27.8. The van der Waals surface area contributed by atoms with Crippen LogP contribution in [0.1, 0.15) is 53.9 Å². The van der Waals surface area contributed by atoms with Gasteiger partial charge >= 0.3 is 0 Å². The minimum Gasteiger partial charge on any atom is -0.342 e. The van der Waals surface area contributed by atoms with E-state index in [0.29, 0.717) is 11.8 Å². The van der Waals surface area contributed by atoms with Crippen molar-refractivity contribution < 1.29 is 0 Å². The highest BCUT2D eigenvalue weighted by molar-refractivity contribution is 5.83. The molecule has 2 aromatic heterocycles. The highest BCUT2D eigenvalue weighted by Gasteiger charge is 2.30. The van der Waals surface area contributed by atoms with Crippen molar-refractivity contribution in [1.82, 2.24) is 19.9 Å². The second kappa shape index (κ2) is 16.5. The van der Waals surface area contributed by atoms with E-state index in [1.54, 1.807) is 0 Å². The predicted molar refractivity (Wildman–Crippen MR) is 232 cm³/mol. The van der Waals surface area contributed by atoms with Gasteiger partial charge in [0.15, 0.2) is 0 Å². The Morgan fingerprint density at radius 3 is 1.30 bits per heavy atom. The van der Waals surface area contributed by atoms with Gasteiger partial charge < -0.3 is 19.8 Å². The molecule has 4 heterocycles. The normalized spacial score (nSPS) is 14.9. The lowest BCUT2D eigenvalue weighted by Crippen LogP contribution is -2.36. The quantitative estimate of drug-likeness (QED) is 0.171. The second-order valence-corrected chi connectivity index (χ2v) is 15.0. The molecular formula is C50H48N6. The maximum Gasteiger partial charge on any atom is 0.203 e. The average molecular weight is 733 g/mol. The van der Waals surface area contributed by atoms with Crippen LogP contribution in [0.4, 0.5) is 11.9 Å². The Balaban J connectivity index is 0.000000146. The number of piperidine rings is 2. The molecule has 56 heavy (non-hydrogen) atoms. The Labute approximate surface area is 329 Å². The molecule has 6 aromatic carbocycles. The van der Waals surface area contributed by atoms with Crippen LogP contribution in [-0.4, -0.2) is 46.1 Å². The fourth-order valence-electron chi connectivity index (χ4n) is 8.70. The van der Waals surface area contributed by atoms with Gasteiger partial charge in [-0.2, -0.15) is 0 Å². The fourth-order valence-corrected chi connectivity index (χ4v) is 8.70. The molecule has 0 radical (unpaired) electrons. The van der Waals surface area contributed by atoms with Gasteiger partial charge in [0.25, 0.3) is 0 Å². The highest BCUT2D eigenvalue weighted by atomic mass is 15.3. The minimum atomic E-state index is 0.459. The Bertz CT molecular complexity index is 2340. The number of nitrogens with one attached hydrogen (secondary N) is 2. The first-order valence-corrected chi connectivity index (χ1v) is 20.1. The van der Waals surface area contributed by atoms with E-state index in [9.17, 15) is 0 Å². The molecule has 278 valence electrons. The van der Waals surface area contributed by atoms with Crippen LogP contribution in [0.15, 0.2) is 175 Å². The Hall–Kier alpha value is -6.40. The van der Waals surface area contributed by atoms with Crippen molar-refractivity contribution in [2.45, 2.75) is 31.6 Å². The fraction of sp³-hybridized carbons (Fsp3) is 0.200. The maximum absolute atomic E-state index is 4.79. The molecule has 0 amide bonds. The van der Waals surface area contributed by atoms with E-state index in [0.717, 1.165) is 73.0 Å². The molecule has 2 fully saturated rings. The molecule has 0 aliphatic carbocycles. The Morgan fingerprint density at radius 2 is 0.857 bits per heavy atom. The van der Waals surface area contributed by atoms with E-state index in [1.807, 2.05) is 18.2 Å². The number of H-pyrrole nitrogens is 2. The average Bonchev–Trinajstić information content (AvgIpc) is 3.92. The van der Waals surface area contributed by atoms with Crippen LogP contribution < -0.4 is 9.80 Å². The van der Waals surface area contributed by atoms with Crippen LogP contribution in [-0.2, 0) is 0 Å². The summed E-state index contributed by atoms with van der Waals surface area (Å²) in [6.45, 7) is 4.05. The lowest BCUT2D eigenvalue weighted by atomic mass is 9.76. The number of benzene rings is 6. The van der Waals surface area contributed by atoms with Crippen molar-refractivity contribution in [2.24, 2.45) is 5.92 Å². The SMILES string of the molecule is c1ccc(C(=C2CCN(c3nc4ccccc4[nH]3)CC2)c2ccccc2)cc1.c1ccc(C(c2ccccc2)C2CCN(c3nc4ccccc4[nH]3)CC2)cc1. The summed E-state index contributed by atoms with van der Waals surface area (Å²) in [4.78, 5) is 21.3. The van der Waals surface area contributed by atoms with Crippen LogP contribution in [0, 0.1) is 5.92 Å². The number of nitrogens with zero attached hydrogens (tertiary/aromatic N) is 4. The van der Waals surface area contributed by atoms with Gasteiger partial charge in [-0.15, -0.1) is 0 Å². The van der Waals surface area contributed by atoms with Crippen LogP contribution >= 0.6 is 0 Å². The van der Waals surface area contributed by atoms with Crippen molar-refractivity contribution >= 4 is 39.5 Å². The molecule has 0 bridgehead atoms. The third-order valence-corrected chi connectivity index (χ3v) is 11.5. The monoisotopic (exact) mass is 732 g/mol. The molecule has 0 saturated carbocycles. The molecule has 0 unspecified atom stereocenters. The predicted octanol–water partition coefficient (Wildman–Crippen LogP) is 11.3. The van der Waals surface area contributed by atoms with Gasteiger partial charge in [-0.1, -0.05) is 151 Å². The summed E-state index contributed by atoms with van der Waals surface area (Å²) < 4.78 is 0. The van der Waals surface area contributed by atoms with Gasteiger partial charge in [0.05, 0.1) is 22.1 Å². The summed E-state index contributed by atoms with van der Waals surface area (Å²) in [6.07, 6.45) is 4.45. The largest absolute Gasteiger partial charge is 0.342 e. The van der Waals surface area contributed by atoms with Crippen LogP contribution in [0.2, 0.25) is 0 Å². The number of para-hydroxylation sites is 4. The molecule has 2 N–H and O–H groups in total. The Kier molecular flexibility index (Phi) is 10.4. The number of fused-ring (bicyclic) bond motifs is 2. The van der Waals surface area contributed by atoms with E-state index in [1.165, 1.54) is 46.2 Å². The number of imidazole rings is 2. The third-order valence-electron chi connectivity index (χ3n) is 11.5. The first kappa shape index (κ1) is 35.3. The summed E-state index contributed by atoms with van der Waals surface area (Å²) in [6, 6.07) is 60.1. The molecule has 6 heteroatoms. The maximum atomic E-state index is 4.79. The summed E-state index contributed by atoms with van der Waals surface area (Å²) in [5, 5.41) is 0. The molecule has 2 aliphatic heterocycles. The third kappa shape index (κ3) is 7.74. The van der Waals surface area contributed by atoms with Gasteiger partial charge in [0.1, 0.15) is 0 Å². The number of rotatable bonds is 7. The summed E-state index contributed by atoms with van der Waals surface area (Å²) in [5.74, 6) is 3.10. The van der Waals surface area contributed by atoms with E-state index < -0.39 is 0 Å². The summed E-state index contributed by atoms with van der Waals surface area (Å²) in [7, 11) is 0. The zero-order valence-corrected chi connectivity index (χ0v) is 31.8. The molecule has 8 aromatic rings. The molecule has 2 saturated heterocycles. The van der Waals surface area contributed by atoms with E-state index in [2.05, 4.69) is 171 Å². The topological polar surface area (TPSA) is 63.8 Å².